The number of nitrogens with one attached hydrogen (secondary N) is 1. The van der Waals surface area contributed by atoms with Gasteiger partial charge in [-0.25, -0.2) is 0 Å². The predicted molar refractivity (Wildman–Crippen MR) is 78.0 cm³/mol. The Labute approximate surface area is 113 Å². The van der Waals surface area contributed by atoms with E-state index in [1.807, 2.05) is 0 Å². The second-order valence-corrected chi connectivity index (χ2v) is 6.08. The number of likely N-dealkylation sites (N-methyl/N-ethyl adjacent to an activating group) is 1. The minimum Gasteiger partial charge on any atom is -0.383 e. The molecule has 0 radical (unpaired) electrons. The van der Waals surface area contributed by atoms with Crippen LogP contribution in [0.2, 0.25) is 0 Å². The molecule has 1 unspecified atom stereocenters. The van der Waals surface area contributed by atoms with Crippen LogP contribution in [0.5, 0.6) is 0 Å². The minimum atomic E-state index is 0.416. The third-order valence-electron chi connectivity index (χ3n) is 4.59. The lowest BCUT2D eigenvalue weighted by Gasteiger charge is -2.38. The highest BCUT2D eigenvalue weighted by Gasteiger charge is 2.31. The Bertz CT molecular complexity index is 225. The third-order valence-corrected chi connectivity index (χ3v) is 4.59. The number of methoxy groups -OCH3 is 1. The largest absolute Gasteiger partial charge is 0.383 e. The van der Waals surface area contributed by atoms with Gasteiger partial charge in [0.05, 0.1) is 6.61 Å². The van der Waals surface area contributed by atoms with E-state index in [1.165, 1.54) is 25.7 Å². The summed E-state index contributed by atoms with van der Waals surface area (Å²) < 4.78 is 5.26. The monoisotopic (exact) mass is 256 g/mol. The summed E-state index contributed by atoms with van der Waals surface area (Å²) in [5, 5.41) is 3.72. The van der Waals surface area contributed by atoms with Crippen LogP contribution in [0.15, 0.2) is 0 Å². The quantitative estimate of drug-likeness (QED) is 0.650. The van der Waals surface area contributed by atoms with Crippen molar-refractivity contribution in [1.82, 2.24) is 10.2 Å². The highest BCUT2D eigenvalue weighted by Crippen LogP contribution is 2.29. The van der Waals surface area contributed by atoms with E-state index in [2.05, 4.69) is 38.0 Å². The summed E-state index contributed by atoms with van der Waals surface area (Å²) >= 11 is 0. The van der Waals surface area contributed by atoms with Crippen molar-refractivity contribution in [2.45, 2.75) is 58.5 Å². The van der Waals surface area contributed by atoms with E-state index < -0.39 is 0 Å². The topological polar surface area (TPSA) is 24.5 Å². The smallest absolute Gasteiger partial charge is 0.0615 e. The van der Waals surface area contributed by atoms with Gasteiger partial charge >= 0.3 is 0 Å². The molecule has 0 aromatic heterocycles. The fourth-order valence-electron chi connectivity index (χ4n) is 2.48. The molecule has 1 N–H and O–H groups in total. The van der Waals surface area contributed by atoms with Crippen molar-refractivity contribution in [3.8, 4) is 0 Å². The number of nitrogens with zero attached hydrogens (tertiary/aromatic N) is 1. The van der Waals surface area contributed by atoms with Crippen LogP contribution in [0, 0.1) is 5.41 Å². The van der Waals surface area contributed by atoms with E-state index in [-0.39, 0.29) is 0 Å². The Morgan fingerprint density at radius 2 is 1.94 bits per heavy atom. The summed E-state index contributed by atoms with van der Waals surface area (Å²) in [6.07, 6.45) is 5.24. The summed E-state index contributed by atoms with van der Waals surface area (Å²) in [6, 6.07) is 1.30. The Morgan fingerprint density at radius 1 is 1.33 bits per heavy atom. The summed E-state index contributed by atoms with van der Waals surface area (Å²) in [5.74, 6) is 0. The van der Waals surface area contributed by atoms with Gasteiger partial charge in [-0.15, -0.1) is 0 Å². The fourth-order valence-corrected chi connectivity index (χ4v) is 2.48. The number of rotatable bonds is 10. The van der Waals surface area contributed by atoms with Gasteiger partial charge in [0.1, 0.15) is 0 Å². The lowest BCUT2D eigenvalue weighted by Crippen LogP contribution is -2.46. The zero-order chi connectivity index (χ0) is 13.6. The minimum absolute atomic E-state index is 0.416. The molecule has 108 valence electrons. The molecule has 3 nitrogen and oxygen atoms in total. The lowest BCUT2D eigenvalue weighted by molar-refractivity contribution is 0.0753. The Balaban J connectivity index is 2.47. The molecule has 0 bridgehead atoms. The van der Waals surface area contributed by atoms with Crippen LogP contribution in [0.1, 0.15) is 46.5 Å². The Morgan fingerprint density at radius 3 is 2.39 bits per heavy atom. The lowest BCUT2D eigenvalue weighted by atomic mass is 9.81. The predicted octanol–water partition coefficient (Wildman–Crippen LogP) is 2.51. The zero-order valence-corrected chi connectivity index (χ0v) is 13.0. The van der Waals surface area contributed by atoms with Crippen LogP contribution in [0.25, 0.3) is 0 Å². The molecule has 1 fully saturated rings. The average molecular weight is 256 g/mol. The summed E-state index contributed by atoms with van der Waals surface area (Å²) in [7, 11) is 4.01. The van der Waals surface area contributed by atoms with Crippen molar-refractivity contribution in [2.75, 3.05) is 33.9 Å². The first kappa shape index (κ1) is 15.9. The summed E-state index contributed by atoms with van der Waals surface area (Å²) in [5.41, 5.74) is 0.416. The molecule has 0 heterocycles. The van der Waals surface area contributed by atoms with E-state index >= 15 is 0 Å². The normalized spacial score (nSPS) is 18.3. The first-order valence-electron chi connectivity index (χ1n) is 7.49. The van der Waals surface area contributed by atoms with Crippen molar-refractivity contribution in [3.05, 3.63) is 0 Å². The molecule has 0 aromatic carbocycles. The average Bonchev–Trinajstić information content (AvgIpc) is 3.18. The van der Waals surface area contributed by atoms with Crippen LogP contribution >= 0.6 is 0 Å². The maximum atomic E-state index is 5.26. The maximum absolute atomic E-state index is 5.26. The van der Waals surface area contributed by atoms with Gasteiger partial charge in [0, 0.05) is 32.3 Å². The fraction of sp³-hybridized carbons (Fsp3) is 1.00. The van der Waals surface area contributed by atoms with Crippen molar-refractivity contribution in [1.29, 1.82) is 0 Å². The molecule has 0 spiro atoms. The maximum Gasteiger partial charge on any atom is 0.0615 e. The molecular formula is C15H32N2O. The summed E-state index contributed by atoms with van der Waals surface area (Å²) in [6.45, 7) is 10.0. The molecule has 3 heteroatoms. The van der Waals surface area contributed by atoms with Crippen LogP contribution in [-0.2, 0) is 4.74 Å². The first-order chi connectivity index (χ1) is 8.56. The molecule has 0 amide bonds. The molecular weight excluding hydrogens is 224 g/mol. The highest BCUT2D eigenvalue weighted by atomic mass is 16.5. The molecule has 18 heavy (non-hydrogen) atoms. The van der Waals surface area contributed by atoms with Gasteiger partial charge in [-0.3, -0.25) is 0 Å². The van der Waals surface area contributed by atoms with Gasteiger partial charge in [0.15, 0.2) is 0 Å². The van der Waals surface area contributed by atoms with E-state index in [0.717, 1.165) is 25.7 Å². The molecule has 1 atom stereocenters. The number of hydrogen-bond acceptors (Lipinski definition) is 3. The van der Waals surface area contributed by atoms with Gasteiger partial charge in [0.2, 0.25) is 0 Å². The van der Waals surface area contributed by atoms with E-state index in [1.54, 1.807) is 7.11 Å². The SMILES string of the molecule is CCC(CC)(CNC1CC1)CN(C)C(C)COC. The van der Waals surface area contributed by atoms with Gasteiger partial charge in [-0.05, 0) is 45.1 Å². The van der Waals surface area contributed by atoms with Gasteiger partial charge < -0.3 is 15.0 Å². The molecule has 1 aliphatic rings. The van der Waals surface area contributed by atoms with Gasteiger partial charge in [0.25, 0.3) is 0 Å². The van der Waals surface area contributed by atoms with Crippen molar-refractivity contribution < 1.29 is 4.74 Å². The van der Waals surface area contributed by atoms with E-state index in [0.29, 0.717) is 11.5 Å². The van der Waals surface area contributed by atoms with Crippen LogP contribution < -0.4 is 5.32 Å². The molecule has 0 aromatic rings. The van der Waals surface area contributed by atoms with Crippen LogP contribution in [0.4, 0.5) is 0 Å². The Hall–Kier alpha value is -0.120. The first-order valence-corrected chi connectivity index (χ1v) is 7.49. The summed E-state index contributed by atoms with van der Waals surface area (Å²) in [4.78, 5) is 2.45. The van der Waals surface area contributed by atoms with E-state index in [9.17, 15) is 0 Å². The van der Waals surface area contributed by atoms with Crippen molar-refractivity contribution in [2.24, 2.45) is 5.41 Å². The Kier molecular flexibility index (Phi) is 6.61. The van der Waals surface area contributed by atoms with Gasteiger partial charge in [-0.2, -0.15) is 0 Å². The number of hydrogen-bond donors (Lipinski definition) is 1. The van der Waals surface area contributed by atoms with E-state index in [4.69, 9.17) is 4.74 Å². The molecule has 1 rings (SSSR count). The van der Waals surface area contributed by atoms with Crippen molar-refractivity contribution in [3.63, 3.8) is 0 Å². The second-order valence-electron chi connectivity index (χ2n) is 6.08. The van der Waals surface area contributed by atoms with Gasteiger partial charge in [-0.1, -0.05) is 13.8 Å². The second kappa shape index (κ2) is 7.46. The molecule has 1 aliphatic carbocycles. The standard InChI is InChI=1S/C15H32N2O/c1-6-15(7-2,11-16-14-8-9-14)12-17(4)13(3)10-18-5/h13-14,16H,6-12H2,1-5H3. The molecule has 0 saturated heterocycles. The highest BCUT2D eigenvalue weighted by molar-refractivity contribution is 4.88. The van der Waals surface area contributed by atoms with Crippen molar-refractivity contribution >= 4 is 0 Å². The van der Waals surface area contributed by atoms with Crippen LogP contribution in [-0.4, -0.2) is 50.8 Å². The van der Waals surface area contributed by atoms with Crippen LogP contribution in [0.3, 0.4) is 0 Å². The molecule has 1 saturated carbocycles. The zero-order valence-electron chi connectivity index (χ0n) is 13.0. The molecule has 0 aliphatic heterocycles. The number of ether oxygens (including phenoxy) is 1. The third kappa shape index (κ3) is 4.87.